The summed E-state index contributed by atoms with van der Waals surface area (Å²) in [7, 11) is 0. The lowest BCUT2D eigenvalue weighted by Gasteiger charge is -2.26. The number of imide groups is 1. The van der Waals surface area contributed by atoms with Crippen molar-refractivity contribution in [3.63, 3.8) is 0 Å². The number of hydroxylamine groups is 2. The summed E-state index contributed by atoms with van der Waals surface area (Å²) in [6.45, 7) is 0.232. The van der Waals surface area contributed by atoms with Gasteiger partial charge in [0, 0.05) is 12.8 Å². The Morgan fingerprint density at radius 3 is 2.70 bits per heavy atom. The highest BCUT2D eigenvalue weighted by Gasteiger charge is 2.58. The minimum Gasteiger partial charge on any atom is -0.390 e. The van der Waals surface area contributed by atoms with E-state index in [0.717, 1.165) is 0 Å². The lowest BCUT2D eigenvalue weighted by Crippen LogP contribution is -2.42. The molecule has 0 aromatic rings. The van der Waals surface area contributed by atoms with Gasteiger partial charge in [0.05, 0.1) is 25.2 Å². The third-order valence-corrected chi connectivity index (χ3v) is 3.50. The molecule has 3 aliphatic heterocycles. The summed E-state index contributed by atoms with van der Waals surface area (Å²) in [5.74, 6) is -3.43. The number of hydrogen-bond acceptors (Lipinski definition) is 8. The molecule has 9 nitrogen and oxygen atoms in total. The number of rotatable bonds is 2. The number of carbonyl (C=O) groups is 3. The molecule has 2 unspecified atom stereocenters. The third-order valence-electron chi connectivity index (χ3n) is 3.50. The van der Waals surface area contributed by atoms with E-state index >= 15 is 0 Å². The molecule has 2 amide bonds. The first-order valence-electron chi connectivity index (χ1n) is 6.24. The molecule has 110 valence electrons. The summed E-state index contributed by atoms with van der Waals surface area (Å²) in [6, 6.07) is 0. The lowest BCUT2D eigenvalue weighted by atomic mass is 10.0. The van der Waals surface area contributed by atoms with Gasteiger partial charge in [-0.15, -0.1) is 0 Å². The number of carbonyl (C=O) groups excluding carboxylic acids is 3. The zero-order valence-electron chi connectivity index (χ0n) is 10.4. The van der Waals surface area contributed by atoms with Gasteiger partial charge in [0.1, 0.15) is 0 Å². The molecule has 3 heterocycles. The van der Waals surface area contributed by atoms with E-state index in [1.165, 1.54) is 0 Å². The van der Waals surface area contributed by atoms with E-state index in [-0.39, 0.29) is 26.1 Å². The van der Waals surface area contributed by atoms with E-state index in [2.05, 4.69) is 4.84 Å². The van der Waals surface area contributed by atoms with Gasteiger partial charge in [-0.2, -0.15) is 0 Å². The summed E-state index contributed by atoms with van der Waals surface area (Å²) in [5.41, 5.74) is 0. The molecule has 9 heteroatoms. The number of aliphatic hydroxyl groups is 1. The van der Waals surface area contributed by atoms with Crippen molar-refractivity contribution >= 4 is 18.0 Å². The predicted octanol–water partition coefficient (Wildman–Crippen LogP) is -0.715. The number of hydrogen-bond donors (Lipinski definition) is 1. The van der Waals surface area contributed by atoms with Crippen LogP contribution in [0.15, 0.2) is 0 Å². The third kappa shape index (κ3) is 2.03. The monoisotopic (exact) mass is 287 g/mol. The largest absolute Gasteiger partial charge is 0.538 e. The van der Waals surface area contributed by atoms with Gasteiger partial charge in [-0.25, -0.2) is 4.79 Å². The molecule has 0 aliphatic carbocycles. The van der Waals surface area contributed by atoms with Gasteiger partial charge in [0.15, 0.2) is 0 Å². The first-order valence-corrected chi connectivity index (χ1v) is 6.24. The zero-order valence-corrected chi connectivity index (χ0v) is 10.4. The van der Waals surface area contributed by atoms with Crippen LogP contribution in [-0.2, 0) is 28.6 Å². The Kier molecular flexibility index (Phi) is 3.11. The number of ether oxygens (including phenoxy) is 3. The quantitative estimate of drug-likeness (QED) is 0.523. The van der Waals surface area contributed by atoms with Crippen LogP contribution >= 0.6 is 0 Å². The molecule has 3 atom stereocenters. The molecule has 3 fully saturated rings. The molecule has 1 N–H and O–H groups in total. The van der Waals surface area contributed by atoms with Gasteiger partial charge in [0.25, 0.3) is 11.8 Å². The van der Waals surface area contributed by atoms with E-state index in [1.54, 1.807) is 0 Å². The Balaban J connectivity index is 1.64. The Bertz CT molecular complexity index is 449. The van der Waals surface area contributed by atoms with Crippen LogP contribution in [0.2, 0.25) is 0 Å². The maximum atomic E-state index is 11.7. The maximum Gasteiger partial charge on any atom is 0.538 e. The summed E-state index contributed by atoms with van der Waals surface area (Å²) in [6.07, 6.45) is -1.64. The van der Waals surface area contributed by atoms with Crippen molar-refractivity contribution in [3.05, 3.63) is 0 Å². The van der Waals surface area contributed by atoms with Crippen LogP contribution < -0.4 is 0 Å². The normalized spacial score (nSPS) is 36.4. The van der Waals surface area contributed by atoms with Crippen LogP contribution in [0.5, 0.6) is 0 Å². The van der Waals surface area contributed by atoms with Crippen molar-refractivity contribution in [3.8, 4) is 0 Å². The smallest absolute Gasteiger partial charge is 0.390 e. The Labute approximate surface area is 113 Å². The number of fused-ring (bicyclic) bond motifs is 1. The maximum absolute atomic E-state index is 11.7. The molecule has 0 saturated carbocycles. The summed E-state index contributed by atoms with van der Waals surface area (Å²) >= 11 is 0. The molecular formula is C11H13NO8. The topological polar surface area (TPSA) is 112 Å². The average Bonchev–Trinajstić information content (AvgIpc) is 3.02. The van der Waals surface area contributed by atoms with E-state index in [1.807, 2.05) is 0 Å². The van der Waals surface area contributed by atoms with Crippen LogP contribution in [0.1, 0.15) is 19.3 Å². The molecule has 3 rings (SSSR count). The molecule has 20 heavy (non-hydrogen) atoms. The molecule has 0 radical (unpaired) electrons. The fourth-order valence-corrected chi connectivity index (χ4v) is 2.51. The second-order valence-corrected chi connectivity index (χ2v) is 4.75. The zero-order chi connectivity index (χ0) is 14.3. The van der Waals surface area contributed by atoms with E-state index in [9.17, 15) is 19.5 Å². The van der Waals surface area contributed by atoms with Crippen molar-refractivity contribution in [1.29, 1.82) is 0 Å². The highest BCUT2D eigenvalue weighted by Crippen LogP contribution is 2.42. The van der Waals surface area contributed by atoms with Crippen LogP contribution in [0.25, 0.3) is 0 Å². The molecule has 0 aromatic carbocycles. The van der Waals surface area contributed by atoms with Crippen molar-refractivity contribution in [2.45, 2.75) is 31.3 Å². The van der Waals surface area contributed by atoms with Crippen molar-refractivity contribution in [2.75, 3.05) is 13.2 Å². The van der Waals surface area contributed by atoms with Crippen LogP contribution in [0.3, 0.4) is 0 Å². The van der Waals surface area contributed by atoms with Gasteiger partial charge in [-0.05, 0) is 6.42 Å². The molecular weight excluding hydrogens is 274 g/mol. The van der Waals surface area contributed by atoms with Gasteiger partial charge in [-0.3, -0.25) is 14.4 Å². The van der Waals surface area contributed by atoms with Crippen molar-refractivity contribution in [1.82, 2.24) is 5.06 Å². The summed E-state index contributed by atoms with van der Waals surface area (Å²) in [4.78, 5) is 38.8. The number of aliphatic hydroxyl groups excluding tert-OH is 1. The van der Waals surface area contributed by atoms with E-state index in [4.69, 9.17) is 14.2 Å². The second-order valence-electron chi connectivity index (χ2n) is 4.75. The van der Waals surface area contributed by atoms with Crippen LogP contribution in [0.4, 0.5) is 4.79 Å². The van der Waals surface area contributed by atoms with Gasteiger partial charge in [0.2, 0.25) is 0 Å². The lowest BCUT2D eigenvalue weighted by molar-refractivity contribution is -0.337. The Hall–Kier alpha value is -1.71. The molecule has 0 spiro atoms. The molecule has 0 bridgehead atoms. The molecule has 0 aromatic heterocycles. The first-order chi connectivity index (χ1) is 9.52. The Morgan fingerprint density at radius 1 is 1.30 bits per heavy atom. The predicted molar refractivity (Wildman–Crippen MR) is 57.4 cm³/mol. The number of amides is 2. The SMILES string of the molecule is O=C(ON1C(=O)CCC1=O)O[C@@]12OCCC1C(O)CO2. The average molecular weight is 287 g/mol. The summed E-state index contributed by atoms with van der Waals surface area (Å²) < 4.78 is 15.4. The van der Waals surface area contributed by atoms with Crippen LogP contribution in [0, 0.1) is 5.92 Å². The van der Waals surface area contributed by atoms with Gasteiger partial charge >= 0.3 is 12.1 Å². The van der Waals surface area contributed by atoms with Crippen LogP contribution in [-0.4, -0.2) is 53.4 Å². The Morgan fingerprint density at radius 2 is 2.00 bits per heavy atom. The summed E-state index contributed by atoms with van der Waals surface area (Å²) in [5, 5.41) is 10.1. The standard InChI is InChI=1S/C11H13NO8/c13-7-5-18-11(6(7)3-4-17-11)19-10(16)20-12-8(14)1-2-9(12)15/h6-7,13H,1-5H2/t6?,7?,11-/m1/s1. The fraction of sp³-hybridized carbons (Fsp3) is 0.727. The van der Waals surface area contributed by atoms with E-state index in [0.29, 0.717) is 11.5 Å². The molecule has 3 saturated heterocycles. The fourth-order valence-electron chi connectivity index (χ4n) is 2.51. The molecule has 3 aliphatic rings. The highest BCUT2D eigenvalue weighted by molar-refractivity contribution is 6.01. The van der Waals surface area contributed by atoms with Crippen molar-refractivity contribution in [2.24, 2.45) is 5.92 Å². The first kappa shape index (κ1) is 13.3. The van der Waals surface area contributed by atoms with E-state index < -0.39 is 36.0 Å². The van der Waals surface area contributed by atoms with Gasteiger partial charge in [-0.1, -0.05) is 5.06 Å². The number of nitrogens with zero attached hydrogens (tertiary/aromatic N) is 1. The highest BCUT2D eigenvalue weighted by atomic mass is 16.9. The second kappa shape index (κ2) is 4.69. The van der Waals surface area contributed by atoms with Gasteiger partial charge < -0.3 is 19.3 Å². The van der Waals surface area contributed by atoms with Crippen molar-refractivity contribution < 1.29 is 38.5 Å². The minimum atomic E-state index is -1.69. The minimum absolute atomic E-state index is 0.00834.